The largest absolute Gasteiger partial charge is 0.345 e. The maximum absolute atomic E-state index is 12.6. The molecule has 146 valence electrons. The maximum Gasteiger partial charge on any atom is 0.252 e. The molecule has 0 bridgehead atoms. The van der Waals surface area contributed by atoms with Crippen molar-refractivity contribution in [3.63, 3.8) is 0 Å². The van der Waals surface area contributed by atoms with Crippen LogP contribution in [-0.2, 0) is 4.79 Å². The Bertz CT molecular complexity index is 1280. The molecule has 0 aliphatic carbocycles. The van der Waals surface area contributed by atoms with Crippen LogP contribution in [0.4, 0.5) is 5.69 Å². The van der Waals surface area contributed by atoms with Gasteiger partial charge in [-0.25, -0.2) is 4.98 Å². The minimum atomic E-state index is -0.316. The number of amides is 2. The van der Waals surface area contributed by atoms with Gasteiger partial charge in [-0.2, -0.15) is 0 Å². The Morgan fingerprint density at radius 2 is 1.77 bits per heavy atom. The van der Waals surface area contributed by atoms with Gasteiger partial charge in [0.05, 0.1) is 35.4 Å². The third kappa shape index (κ3) is 3.39. The first-order valence-electron chi connectivity index (χ1n) is 9.69. The third-order valence-electron chi connectivity index (χ3n) is 5.17. The van der Waals surface area contributed by atoms with E-state index < -0.39 is 0 Å². The smallest absolute Gasteiger partial charge is 0.252 e. The summed E-state index contributed by atoms with van der Waals surface area (Å²) in [5.41, 5.74) is 5.42. The van der Waals surface area contributed by atoms with Crippen LogP contribution < -0.4 is 10.6 Å². The molecule has 0 spiro atoms. The van der Waals surface area contributed by atoms with Gasteiger partial charge in [0, 0.05) is 16.8 Å². The van der Waals surface area contributed by atoms with Gasteiger partial charge in [-0.1, -0.05) is 42.5 Å². The molecule has 2 heterocycles. The van der Waals surface area contributed by atoms with E-state index >= 15 is 0 Å². The van der Waals surface area contributed by atoms with Crippen LogP contribution in [0.25, 0.3) is 22.3 Å². The molecule has 0 fully saturated rings. The van der Waals surface area contributed by atoms with Crippen LogP contribution in [0.3, 0.4) is 0 Å². The zero-order valence-electron chi connectivity index (χ0n) is 16.0. The highest BCUT2D eigenvalue weighted by Crippen LogP contribution is 2.28. The summed E-state index contributed by atoms with van der Waals surface area (Å²) in [4.78, 5) is 33.8. The molecule has 1 aromatic heterocycles. The van der Waals surface area contributed by atoms with Gasteiger partial charge in [-0.3, -0.25) is 14.6 Å². The van der Waals surface area contributed by atoms with E-state index in [9.17, 15) is 9.59 Å². The molecule has 0 radical (unpaired) electrons. The van der Waals surface area contributed by atoms with E-state index in [1.807, 2.05) is 66.7 Å². The summed E-state index contributed by atoms with van der Waals surface area (Å²) >= 11 is 0. The van der Waals surface area contributed by atoms with Crippen molar-refractivity contribution in [2.24, 2.45) is 0 Å². The van der Waals surface area contributed by atoms with Gasteiger partial charge in [0.1, 0.15) is 0 Å². The molecular formula is C24H18N4O2. The van der Waals surface area contributed by atoms with Crippen molar-refractivity contribution in [2.45, 2.75) is 12.5 Å². The molecular weight excluding hydrogens is 376 g/mol. The standard InChI is InChI=1S/C24H18N4O2/c29-23(13-21-17-8-1-2-9-18(17)24(30)28-21)26-16-7-5-6-15(12-16)22-14-25-19-10-3-4-11-20(19)27-22/h1-12,14,21H,13H2,(H,26,29)(H,28,30). The van der Waals surface area contributed by atoms with Crippen molar-refractivity contribution in [3.05, 3.63) is 90.1 Å². The first kappa shape index (κ1) is 18.0. The van der Waals surface area contributed by atoms with Gasteiger partial charge in [0.15, 0.2) is 0 Å². The fraction of sp³-hybridized carbons (Fsp3) is 0.0833. The molecule has 6 heteroatoms. The van der Waals surface area contributed by atoms with Gasteiger partial charge in [0.25, 0.3) is 5.91 Å². The van der Waals surface area contributed by atoms with Gasteiger partial charge in [-0.15, -0.1) is 0 Å². The normalized spacial score (nSPS) is 14.9. The quantitative estimate of drug-likeness (QED) is 0.546. The maximum atomic E-state index is 12.6. The SMILES string of the molecule is O=C(CC1NC(=O)c2ccccc21)Nc1cccc(-c2cnc3ccccc3n2)c1. The summed E-state index contributed by atoms with van der Waals surface area (Å²) in [6, 6.07) is 22.2. The fourth-order valence-corrected chi connectivity index (χ4v) is 3.73. The number of anilines is 1. The highest BCUT2D eigenvalue weighted by molar-refractivity contribution is 6.00. The van der Waals surface area contributed by atoms with Crippen molar-refractivity contribution in [1.82, 2.24) is 15.3 Å². The summed E-state index contributed by atoms with van der Waals surface area (Å²) in [5, 5.41) is 5.80. The van der Waals surface area contributed by atoms with E-state index in [1.165, 1.54) is 0 Å². The van der Waals surface area contributed by atoms with E-state index in [2.05, 4.69) is 20.6 Å². The van der Waals surface area contributed by atoms with E-state index in [4.69, 9.17) is 0 Å². The number of aromatic nitrogens is 2. The van der Waals surface area contributed by atoms with Gasteiger partial charge in [0.2, 0.25) is 5.91 Å². The van der Waals surface area contributed by atoms with Crippen molar-refractivity contribution >= 4 is 28.5 Å². The van der Waals surface area contributed by atoms with Gasteiger partial charge >= 0.3 is 0 Å². The van der Waals surface area contributed by atoms with E-state index in [1.54, 1.807) is 12.3 Å². The van der Waals surface area contributed by atoms with Crippen molar-refractivity contribution in [2.75, 3.05) is 5.32 Å². The lowest BCUT2D eigenvalue weighted by Crippen LogP contribution is -2.24. The second-order valence-corrected chi connectivity index (χ2v) is 7.19. The van der Waals surface area contributed by atoms with Crippen LogP contribution in [0.1, 0.15) is 28.4 Å². The number of para-hydroxylation sites is 2. The summed E-state index contributed by atoms with van der Waals surface area (Å²) in [7, 11) is 0. The van der Waals surface area contributed by atoms with Crippen LogP contribution in [0.2, 0.25) is 0 Å². The highest BCUT2D eigenvalue weighted by atomic mass is 16.2. The molecule has 1 aliphatic heterocycles. The van der Waals surface area contributed by atoms with Crippen molar-refractivity contribution < 1.29 is 9.59 Å². The average Bonchev–Trinajstić information content (AvgIpc) is 3.09. The second kappa shape index (κ2) is 7.40. The van der Waals surface area contributed by atoms with E-state index in [0.29, 0.717) is 11.3 Å². The second-order valence-electron chi connectivity index (χ2n) is 7.19. The lowest BCUT2D eigenvalue weighted by Gasteiger charge is -2.12. The van der Waals surface area contributed by atoms with Crippen LogP contribution in [-0.4, -0.2) is 21.8 Å². The molecule has 5 rings (SSSR count). The van der Waals surface area contributed by atoms with Crippen LogP contribution >= 0.6 is 0 Å². The van der Waals surface area contributed by atoms with Gasteiger partial charge in [-0.05, 0) is 35.9 Å². The summed E-state index contributed by atoms with van der Waals surface area (Å²) in [6.07, 6.45) is 1.90. The number of carbonyl (C=O) groups excluding carboxylic acids is 2. The first-order chi connectivity index (χ1) is 14.7. The Morgan fingerprint density at radius 3 is 2.67 bits per heavy atom. The molecule has 6 nitrogen and oxygen atoms in total. The molecule has 1 unspecified atom stereocenters. The Morgan fingerprint density at radius 1 is 0.967 bits per heavy atom. The van der Waals surface area contributed by atoms with Crippen LogP contribution in [0.15, 0.2) is 79.0 Å². The summed E-state index contributed by atoms with van der Waals surface area (Å²) < 4.78 is 0. The molecule has 30 heavy (non-hydrogen) atoms. The average molecular weight is 394 g/mol. The number of hydrogen-bond donors (Lipinski definition) is 2. The topological polar surface area (TPSA) is 84.0 Å². The monoisotopic (exact) mass is 394 g/mol. The van der Waals surface area contributed by atoms with Crippen LogP contribution in [0, 0.1) is 0 Å². The predicted octanol–water partition coefficient (Wildman–Crippen LogP) is 4.11. The summed E-state index contributed by atoms with van der Waals surface area (Å²) in [5.74, 6) is -0.306. The molecule has 2 N–H and O–H groups in total. The molecule has 0 saturated heterocycles. The number of benzene rings is 3. The number of hydrogen-bond acceptors (Lipinski definition) is 4. The Balaban J connectivity index is 1.33. The molecule has 3 aromatic carbocycles. The van der Waals surface area contributed by atoms with E-state index in [0.717, 1.165) is 27.9 Å². The number of fused-ring (bicyclic) bond motifs is 2. The zero-order valence-corrected chi connectivity index (χ0v) is 16.0. The predicted molar refractivity (Wildman–Crippen MR) is 115 cm³/mol. The van der Waals surface area contributed by atoms with Crippen molar-refractivity contribution in [1.29, 1.82) is 0 Å². The number of nitrogens with one attached hydrogen (secondary N) is 2. The third-order valence-corrected chi connectivity index (χ3v) is 5.17. The van der Waals surface area contributed by atoms with Crippen molar-refractivity contribution in [3.8, 4) is 11.3 Å². The molecule has 1 atom stereocenters. The number of rotatable bonds is 4. The minimum absolute atomic E-state index is 0.139. The molecule has 2 amide bonds. The first-order valence-corrected chi connectivity index (χ1v) is 9.69. The highest BCUT2D eigenvalue weighted by Gasteiger charge is 2.29. The summed E-state index contributed by atoms with van der Waals surface area (Å²) in [6.45, 7) is 0. The minimum Gasteiger partial charge on any atom is -0.345 e. The molecule has 1 aliphatic rings. The fourth-order valence-electron chi connectivity index (χ4n) is 3.73. The molecule has 4 aromatic rings. The van der Waals surface area contributed by atoms with Gasteiger partial charge < -0.3 is 10.6 Å². The van der Waals surface area contributed by atoms with E-state index in [-0.39, 0.29) is 24.3 Å². The Hall–Kier alpha value is -4.06. The molecule has 0 saturated carbocycles. The van der Waals surface area contributed by atoms with Crippen LogP contribution in [0.5, 0.6) is 0 Å². The zero-order chi connectivity index (χ0) is 20.5. The lowest BCUT2D eigenvalue weighted by molar-refractivity contribution is -0.116. The Labute approximate surface area is 173 Å². The Kier molecular flexibility index (Phi) is 4.44. The number of carbonyl (C=O) groups is 2. The lowest BCUT2D eigenvalue weighted by atomic mass is 10.0. The number of nitrogens with zero attached hydrogens (tertiary/aromatic N) is 2.